The standard InChI is InChI=1S/C15H21N5O/c1-21-14-9-8-11(10-13(14)16)15-17-18-19-20(15)12-6-4-2-3-5-7-12/h8-10,12H,2-7,16H2,1H3. The molecule has 1 aromatic heterocycles. The molecule has 1 aliphatic rings. The molecule has 1 fully saturated rings. The number of benzene rings is 1. The van der Waals surface area contributed by atoms with Crippen LogP contribution in [0.25, 0.3) is 11.4 Å². The topological polar surface area (TPSA) is 78.9 Å². The molecule has 1 aromatic carbocycles. The molecule has 0 amide bonds. The first-order chi connectivity index (χ1) is 10.3. The average molecular weight is 287 g/mol. The Bertz CT molecular complexity index is 602. The highest BCUT2D eigenvalue weighted by Crippen LogP contribution is 2.31. The van der Waals surface area contributed by atoms with Gasteiger partial charge in [0.25, 0.3) is 0 Å². The predicted molar refractivity (Wildman–Crippen MR) is 81.0 cm³/mol. The van der Waals surface area contributed by atoms with Crippen molar-refractivity contribution in [2.75, 3.05) is 12.8 Å². The van der Waals surface area contributed by atoms with Crippen molar-refractivity contribution >= 4 is 5.69 Å². The molecule has 1 saturated carbocycles. The quantitative estimate of drug-likeness (QED) is 0.693. The van der Waals surface area contributed by atoms with Crippen molar-refractivity contribution in [3.8, 4) is 17.1 Å². The maximum Gasteiger partial charge on any atom is 0.182 e. The van der Waals surface area contributed by atoms with Gasteiger partial charge in [0.1, 0.15) is 5.75 Å². The third kappa shape index (κ3) is 2.84. The van der Waals surface area contributed by atoms with Crippen molar-refractivity contribution in [2.45, 2.75) is 44.6 Å². The number of anilines is 1. The summed E-state index contributed by atoms with van der Waals surface area (Å²) in [6.45, 7) is 0. The molecule has 6 heteroatoms. The number of ether oxygens (including phenoxy) is 1. The summed E-state index contributed by atoms with van der Waals surface area (Å²) in [5.74, 6) is 1.46. The van der Waals surface area contributed by atoms with Crippen molar-refractivity contribution in [2.24, 2.45) is 0 Å². The Morgan fingerprint density at radius 2 is 1.95 bits per heavy atom. The van der Waals surface area contributed by atoms with E-state index in [1.54, 1.807) is 7.11 Å². The molecule has 0 unspecified atom stereocenters. The van der Waals surface area contributed by atoms with Gasteiger partial charge in [-0.05, 0) is 41.5 Å². The van der Waals surface area contributed by atoms with E-state index < -0.39 is 0 Å². The predicted octanol–water partition coefficient (Wildman–Crippen LogP) is 2.83. The Balaban J connectivity index is 1.92. The first kappa shape index (κ1) is 13.9. The van der Waals surface area contributed by atoms with Gasteiger partial charge in [-0.15, -0.1) is 5.10 Å². The molecule has 0 aliphatic heterocycles. The number of nitrogens with two attached hydrogens (primary N) is 1. The monoisotopic (exact) mass is 287 g/mol. The van der Waals surface area contributed by atoms with E-state index in [0.29, 0.717) is 17.5 Å². The lowest BCUT2D eigenvalue weighted by Crippen LogP contribution is -2.11. The summed E-state index contributed by atoms with van der Waals surface area (Å²) in [5.41, 5.74) is 7.52. The minimum atomic E-state index is 0.390. The van der Waals surface area contributed by atoms with E-state index in [4.69, 9.17) is 10.5 Å². The lowest BCUT2D eigenvalue weighted by molar-refractivity contribution is 0.400. The number of rotatable bonds is 3. The SMILES string of the molecule is COc1ccc(-c2nnnn2C2CCCCCC2)cc1N. The molecule has 0 spiro atoms. The third-order valence-electron chi connectivity index (χ3n) is 4.15. The van der Waals surface area contributed by atoms with Crippen LogP contribution in [0, 0.1) is 0 Å². The number of nitrogen functional groups attached to an aromatic ring is 1. The van der Waals surface area contributed by atoms with Crippen LogP contribution in [0.5, 0.6) is 5.75 Å². The summed E-state index contributed by atoms with van der Waals surface area (Å²) in [7, 11) is 1.61. The Kier molecular flexibility index (Phi) is 4.03. The first-order valence-electron chi connectivity index (χ1n) is 7.51. The van der Waals surface area contributed by atoms with Crippen LogP contribution < -0.4 is 10.5 Å². The third-order valence-corrected chi connectivity index (χ3v) is 4.15. The minimum absolute atomic E-state index is 0.390. The van der Waals surface area contributed by atoms with Crippen LogP contribution in [-0.4, -0.2) is 27.3 Å². The summed E-state index contributed by atoms with van der Waals surface area (Å²) >= 11 is 0. The minimum Gasteiger partial charge on any atom is -0.495 e. The van der Waals surface area contributed by atoms with E-state index in [-0.39, 0.29) is 0 Å². The van der Waals surface area contributed by atoms with Gasteiger partial charge in [-0.2, -0.15) is 0 Å². The van der Waals surface area contributed by atoms with Crippen molar-refractivity contribution in [1.82, 2.24) is 20.2 Å². The smallest absolute Gasteiger partial charge is 0.182 e. The first-order valence-corrected chi connectivity index (χ1v) is 7.51. The van der Waals surface area contributed by atoms with Crippen LogP contribution in [0.2, 0.25) is 0 Å². The van der Waals surface area contributed by atoms with Gasteiger partial charge in [-0.3, -0.25) is 0 Å². The van der Waals surface area contributed by atoms with Crippen LogP contribution in [0.15, 0.2) is 18.2 Å². The Labute approximate surface area is 124 Å². The molecule has 1 heterocycles. The van der Waals surface area contributed by atoms with Crippen molar-refractivity contribution in [3.63, 3.8) is 0 Å². The molecule has 0 atom stereocenters. The van der Waals surface area contributed by atoms with E-state index in [0.717, 1.165) is 24.2 Å². The number of hydrogen-bond donors (Lipinski definition) is 1. The second-order valence-electron chi connectivity index (χ2n) is 5.55. The zero-order valence-electron chi connectivity index (χ0n) is 12.3. The lowest BCUT2D eigenvalue weighted by Gasteiger charge is -2.16. The van der Waals surface area contributed by atoms with Crippen LogP contribution in [0.4, 0.5) is 5.69 Å². The molecular weight excluding hydrogens is 266 g/mol. The number of methoxy groups -OCH3 is 1. The van der Waals surface area contributed by atoms with Gasteiger partial charge < -0.3 is 10.5 Å². The zero-order valence-corrected chi connectivity index (χ0v) is 12.3. The number of hydrogen-bond acceptors (Lipinski definition) is 5. The molecule has 6 nitrogen and oxygen atoms in total. The normalized spacial score (nSPS) is 16.6. The summed E-state index contributed by atoms with van der Waals surface area (Å²) < 4.78 is 7.16. The molecule has 2 aromatic rings. The van der Waals surface area contributed by atoms with Crippen molar-refractivity contribution < 1.29 is 4.74 Å². The van der Waals surface area contributed by atoms with Gasteiger partial charge in [-0.25, -0.2) is 4.68 Å². The summed E-state index contributed by atoms with van der Waals surface area (Å²) in [4.78, 5) is 0. The fourth-order valence-corrected chi connectivity index (χ4v) is 3.01. The van der Waals surface area contributed by atoms with Crippen molar-refractivity contribution in [1.29, 1.82) is 0 Å². The lowest BCUT2D eigenvalue weighted by atomic mass is 10.1. The largest absolute Gasteiger partial charge is 0.495 e. The fourth-order valence-electron chi connectivity index (χ4n) is 3.01. The molecule has 112 valence electrons. The molecular formula is C15H21N5O. The van der Waals surface area contributed by atoms with Crippen LogP contribution in [0.1, 0.15) is 44.6 Å². The van der Waals surface area contributed by atoms with Gasteiger partial charge >= 0.3 is 0 Å². The summed E-state index contributed by atoms with van der Waals surface area (Å²) in [5, 5.41) is 12.3. The molecule has 1 aliphatic carbocycles. The Morgan fingerprint density at radius 3 is 2.62 bits per heavy atom. The fraction of sp³-hybridized carbons (Fsp3) is 0.533. The van der Waals surface area contributed by atoms with Gasteiger partial charge in [0.2, 0.25) is 0 Å². The van der Waals surface area contributed by atoms with Crippen molar-refractivity contribution in [3.05, 3.63) is 18.2 Å². The molecule has 0 saturated heterocycles. The van der Waals surface area contributed by atoms with Crippen LogP contribution in [0.3, 0.4) is 0 Å². The van der Waals surface area contributed by atoms with E-state index >= 15 is 0 Å². The van der Waals surface area contributed by atoms with Gasteiger partial charge in [-0.1, -0.05) is 25.7 Å². The maximum absolute atomic E-state index is 5.99. The highest BCUT2D eigenvalue weighted by atomic mass is 16.5. The van der Waals surface area contributed by atoms with Gasteiger partial charge in [0.05, 0.1) is 18.8 Å². The Morgan fingerprint density at radius 1 is 1.19 bits per heavy atom. The van der Waals surface area contributed by atoms with E-state index in [2.05, 4.69) is 15.5 Å². The highest BCUT2D eigenvalue weighted by molar-refractivity contribution is 5.66. The summed E-state index contributed by atoms with van der Waals surface area (Å²) in [6.07, 6.45) is 7.39. The molecule has 0 bridgehead atoms. The van der Waals surface area contributed by atoms with E-state index in [1.807, 2.05) is 22.9 Å². The summed E-state index contributed by atoms with van der Waals surface area (Å²) in [6, 6.07) is 6.07. The van der Waals surface area contributed by atoms with Crippen LogP contribution in [-0.2, 0) is 0 Å². The zero-order chi connectivity index (χ0) is 14.7. The van der Waals surface area contributed by atoms with E-state index in [1.165, 1.54) is 25.7 Å². The molecule has 21 heavy (non-hydrogen) atoms. The Hall–Kier alpha value is -2.11. The number of aromatic nitrogens is 4. The number of tetrazole rings is 1. The molecule has 3 rings (SSSR count). The van der Waals surface area contributed by atoms with E-state index in [9.17, 15) is 0 Å². The average Bonchev–Trinajstić information content (AvgIpc) is 2.82. The maximum atomic E-state index is 5.99. The van der Waals surface area contributed by atoms with Gasteiger partial charge in [0, 0.05) is 5.56 Å². The molecule has 0 radical (unpaired) electrons. The second-order valence-corrected chi connectivity index (χ2v) is 5.55. The number of nitrogens with zero attached hydrogens (tertiary/aromatic N) is 4. The van der Waals surface area contributed by atoms with Crippen LogP contribution >= 0.6 is 0 Å². The second kappa shape index (κ2) is 6.11. The van der Waals surface area contributed by atoms with Gasteiger partial charge in [0.15, 0.2) is 5.82 Å². The molecule has 2 N–H and O–H groups in total. The highest BCUT2D eigenvalue weighted by Gasteiger charge is 2.20.